The summed E-state index contributed by atoms with van der Waals surface area (Å²) in [5, 5.41) is 11.1. The van der Waals surface area contributed by atoms with Crippen LogP contribution in [0.25, 0.3) is 11.3 Å². The summed E-state index contributed by atoms with van der Waals surface area (Å²) in [5.74, 6) is 0. The number of aromatic amines is 1. The first-order chi connectivity index (χ1) is 9.25. The molecule has 1 fully saturated rings. The van der Waals surface area contributed by atoms with Crippen LogP contribution in [0.1, 0.15) is 36.9 Å². The van der Waals surface area contributed by atoms with Gasteiger partial charge >= 0.3 is 0 Å². The maximum absolute atomic E-state index is 4.26. The monoisotopic (exact) mass is 254 g/mol. The maximum atomic E-state index is 4.26. The molecular weight excluding hydrogens is 234 g/mol. The van der Waals surface area contributed by atoms with Crippen molar-refractivity contribution >= 4 is 0 Å². The van der Waals surface area contributed by atoms with E-state index in [0.717, 1.165) is 18.5 Å². The second kappa shape index (κ2) is 5.17. The Hall–Kier alpha value is -1.61. The lowest BCUT2D eigenvalue weighted by Crippen LogP contribution is -2.34. The first-order valence-corrected chi connectivity index (χ1v) is 6.92. The predicted molar refractivity (Wildman–Crippen MR) is 77.6 cm³/mol. The molecule has 0 aliphatic carbocycles. The summed E-state index contributed by atoms with van der Waals surface area (Å²) in [7, 11) is 0. The number of piperidine rings is 1. The fourth-order valence-corrected chi connectivity index (χ4v) is 2.84. The highest BCUT2D eigenvalue weighted by Crippen LogP contribution is 2.32. The van der Waals surface area contributed by atoms with Gasteiger partial charge in [-0.25, -0.2) is 0 Å². The molecular formula is C16H20N3. The van der Waals surface area contributed by atoms with Gasteiger partial charge in [-0.1, -0.05) is 24.3 Å². The molecule has 1 radical (unpaired) electrons. The largest absolute Gasteiger partial charge is 0.307 e. The second-order valence-corrected chi connectivity index (χ2v) is 5.40. The number of H-pyrrole nitrogens is 1. The summed E-state index contributed by atoms with van der Waals surface area (Å²) in [6, 6.07) is 9.36. The Morgan fingerprint density at radius 2 is 2.05 bits per heavy atom. The molecule has 2 unspecified atom stereocenters. The third kappa shape index (κ3) is 2.43. The average Bonchev–Trinajstić information content (AvgIpc) is 2.88. The third-order valence-corrected chi connectivity index (χ3v) is 3.87. The molecule has 1 saturated heterocycles. The van der Waals surface area contributed by atoms with Gasteiger partial charge in [0.15, 0.2) is 0 Å². The highest BCUT2D eigenvalue weighted by atomic mass is 15.1. The van der Waals surface area contributed by atoms with Gasteiger partial charge in [0.1, 0.15) is 0 Å². The molecule has 1 aliphatic heterocycles. The number of benzene rings is 1. The van der Waals surface area contributed by atoms with Gasteiger partial charge in [0.2, 0.25) is 0 Å². The minimum Gasteiger partial charge on any atom is -0.307 e. The molecule has 3 nitrogen and oxygen atoms in total. The van der Waals surface area contributed by atoms with Crippen molar-refractivity contribution in [1.82, 2.24) is 15.5 Å². The van der Waals surface area contributed by atoms with Gasteiger partial charge in [-0.3, -0.25) is 5.10 Å². The molecule has 0 saturated carbocycles. The van der Waals surface area contributed by atoms with Crippen molar-refractivity contribution in [3.8, 4) is 11.3 Å². The van der Waals surface area contributed by atoms with Gasteiger partial charge in [-0.05, 0) is 38.7 Å². The number of nitrogens with one attached hydrogen (secondary N) is 2. The molecule has 19 heavy (non-hydrogen) atoms. The quantitative estimate of drug-likeness (QED) is 0.862. The summed E-state index contributed by atoms with van der Waals surface area (Å²) < 4.78 is 0. The summed E-state index contributed by atoms with van der Waals surface area (Å²) in [5.41, 5.74) is 4.95. The van der Waals surface area contributed by atoms with Crippen LogP contribution < -0.4 is 5.32 Å². The third-order valence-electron chi connectivity index (χ3n) is 3.87. The summed E-state index contributed by atoms with van der Waals surface area (Å²) in [6.45, 7) is 4.37. The highest BCUT2D eigenvalue weighted by Gasteiger charge is 2.23. The van der Waals surface area contributed by atoms with Crippen LogP contribution in [0, 0.1) is 13.3 Å². The fraction of sp³-hybridized carbons (Fsp3) is 0.375. The van der Waals surface area contributed by atoms with Crippen LogP contribution in [-0.2, 0) is 0 Å². The van der Waals surface area contributed by atoms with E-state index in [1.165, 1.54) is 16.7 Å². The molecule has 2 heterocycles. The zero-order valence-electron chi connectivity index (χ0n) is 11.5. The number of aryl methyl sites for hydroxylation is 1. The first kappa shape index (κ1) is 12.4. The van der Waals surface area contributed by atoms with E-state index in [1.807, 2.05) is 6.20 Å². The molecule has 2 atom stereocenters. The molecule has 99 valence electrons. The van der Waals surface area contributed by atoms with Gasteiger partial charge < -0.3 is 5.32 Å². The zero-order valence-corrected chi connectivity index (χ0v) is 11.5. The molecule has 0 spiro atoms. The summed E-state index contributed by atoms with van der Waals surface area (Å²) >= 11 is 0. The van der Waals surface area contributed by atoms with Gasteiger partial charge in [-0.2, -0.15) is 5.10 Å². The van der Waals surface area contributed by atoms with Crippen molar-refractivity contribution in [2.45, 2.75) is 38.8 Å². The number of aromatic nitrogens is 2. The maximum Gasteiger partial charge on any atom is 0.0700 e. The lowest BCUT2D eigenvalue weighted by Gasteiger charge is -2.28. The van der Waals surface area contributed by atoms with E-state index >= 15 is 0 Å². The SMILES string of the molecule is Cc1ccccc1-c1[nH]ncc1C1C[CH]CC(C)N1. The van der Waals surface area contributed by atoms with Crippen LogP contribution >= 0.6 is 0 Å². The molecule has 0 amide bonds. The van der Waals surface area contributed by atoms with Crippen LogP contribution in [0.2, 0.25) is 0 Å². The van der Waals surface area contributed by atoms with E-state index in [0.29, 0.717) is 12.1 Å². The van der Waals surface area contributed by atoms with Gasteiger partial charge in [0.05, 0.1) is 11.9 Å². The molecule has 3 heteroatoms. The van der Waals surface area contributed by atoms with Crippen molar-refractivity contribution < 1.29 is 0 Å². The van der Waals surface area contributed by atoms with Gasteiger partial charge in [0.25, 0.3) is 0 Å². The van der Waals surface area contributed by atoms with Crippen LogP contribution in [0.5, 0.6) is 0 Å². The Kier molecular flexibility index (Phi) is 3.38. The van der Waals surface area contributed by atoms with Crippen LogP contribution in [-0.4, -0.2) is 16.2 Å². The smallest absolute Gasteiger partial charge is 0.0700 e. The number of nitrogens with zero attached hydrogens (tertiary/aromatic N) is 1. The molecule has 1 aliphatic rings. The van der Waals surface area contributed by atoms with Crippen molar-refractivity contribution in [3.63, 3.8) is 0 Å². The Labute approximate surface area is 114 Å². The minimum atomic E-state index is 0.372. The van der Waals surface area contributed by atoms with Crippen molar-refractivity contribution in [2.75, 3.05) is 0 Å². The summed E-state index contributed by atoms with van der Waals surface area (Å²) in [6.07, 6.45) is 6.56. The lowest BCUT2D eigenvalue weighted by molar-refractivity contribution is 0.396. The van der Waals surface area contributed by atoms with Crippen LogP contribution in [0.3, 0.4) is 0 Å². The van der Waals surface area contributed by atoms with Gasteiger partial charge in [-0.15, -0.1) is 0 Å². The molecule has 2 N–H and O–H groups in total. The standard InChI is InChI=1S/C16H20N3/c1-11-6-3-4-8-13(11)16-14(10-17-19-16)15-9-5-7-12(2)18-15/h3-6,8,10,12,15,18H,7,9H2,1-2H3,(H,17,19). The Morgan fingerprint density at radius 1 is 1.21 bits per heavy atom. The number of hydrogen-bond acceptors (Lipinski definition) is 2. The Bertz CT molecular complexity index is 559. The zero-order chi connectivity index (χ0) is 13.2. The van der Waals surface area contributed by atoms with E-state index < -0.39 is 0 Å². The minimum absolute atomic E-state index is 0.372. The topological polar surface area (TPSA) is 40.7 Å². The predicted octanol–water partition coefficient (Wildman–Crippen LogP) is 3.40. The summed E-state index contributed by atoms with van der Waals surface area (Å²) in [4.78, 5) is 0. The molecule has 1 aromatic heterocycles. The Balaban J connectivity index is 1.96. The van der Waals surface area contributed by atoms with Crippen molar-refractivity contribution in [3.05, 3.63) is 48.0 Å². The lowest BCUT2D eigenvalue weighted by atomic mass is 9.92. The molecule has 2 aromatic rings. The van der Waals surface area contributed by atoms with Crippen LogP contribution in [0.4, 0.5) is 0 Å². The second-order valence-electron chi connectivity index (χ2n) is 5.40. The van der Waals surface area contributed by atoms with E-state index in [1.54, 1.807) is 0 Å². The fourth-order valence-electron chi connectivity index (χ4n) is 2.84. The molecule has 0 bridgehead atoms. The van der Waals surface area contributed by atoms with Gasteiger partial charge in [0, 0.05) is 23.2 Å². The Morgan fingerprint density at radius 3 is 2.84 bits per heavy atom. The van der Waals surface area contributed by atoms with E-state index in [4.69, 9.17) is 0 Å². The van der Waals surface area contributed by atoms with Crippen LogP contribution in [0.15, 0.2) is 30.5 Å². The molecule has 1 aromatic carbocycles. The highest BCUT2D eigenvalue weighted by molar-refractivity contribution is 5.66. The van der Waals surface area contributed by atoms with Crippen molar-refractivity contribution in [2.24, 2.45) is 0 Å². The molecule has 3 rings (SSSR count). The number of rotatable bonds is 2. The van der Waals surface area contributed by atoms with E-state index in [-0.39, 0.29) is 0 Å². The van der Waals surface area contributed by atoms with Crippen molar-refractivity contribution in [1.29, 1.82) is 0 Å². The normalized spacial score (nSPS) is 23.5. The average molecular weight is 254 g/mol. The van der Waals surface area contributed by atoms with E-state index in [2.05, 4.69) is 60.0 Å². The first-order valence-electron chi connectivity index (χ1n) is 6.92. The number of hydrogen-bond donors (Lipinski definition) is 2. The van der Waals surface area contributed by atoms with E-state index in [9.17, 15) is 0 Å².